The first-order valence-electron chi connectivity index (χ1n) is 7.90. The van der Waals surface area contributed by atoms with Crippen molar-refractivity contribution in [3.05, 3.63) is 0 Å². The summed E-state index contributed by atoms with van der Waals surface area (Å²) in [6.07, 6.45) is 2.76. The van der Waals surface area contributed by atoms with Crippen LogP contribution in [0.3, 0.4) is 0 Å². The highest BCUT2D eigenvalue weighted by atomic mass is 15.2. The zero-order valence-electron chi connectivity index (χ0n) is 14.2. The molecular formula is C16H35N3. The van der Waals surface area contributed by atoms with Crippen LogP contribution in [0.1, 0.15) is 47.5 Å². The van der Waals surface area contributed by atoms with E-state index >= 15 is 0 Å². The van der Waals surface area contributed by atoms with Crippen molar-refractivity contribution in [3.63, 3.8) is 0 Å². The first-order valence-corrected chi connectivity index (χ1v) is 7.90. The second kappa shape index (κ2) is 7.05. The zero-order valence-corrected chi connectivity index (χ0v) is 14.2. The van der Waals surface area contributed by atoms with E-state index in [1.807, 2.05) is 0 Å². The summed E-state index contributed by atoms with van der Waals surface area (Å²) in [5, 5.41) is 3.68. The third-order valence-corrected chi connectivity index (χ3v) is 4.26. The van der Waals surface area contributed by atoms with E-state index in [-0.39, 0.29) is 5.54 Å². The SMILES string of the molecule is CCN(C(C)CN(C)C)C1CCC1CNC(C)(C)C. The van der Waals surface area contributed by atoms with Gasteiger partial charge in [-0.1, -0.05) is 6.92 Å². The van der Waals surface area contributed by atoms with Gasteiger partial charge in [0.05, 0.1) is 0 Å². The first-order chi connectivity index (χ1) is 8.74. The lowest BCUT2D eigenvalue weighted by molar-refractivity contribution is 0.0264. The normalized spacial score (nSPS) is 25.7. The van der Waals surface area contributed by atoms with Crippen LogP contribution in [0.2, 0.25) is 0 Å². The molecule has 1 fully saturated rings. The molecule has 0 radical (unpaired) electrons. The van der Waals surface area contributed by atoms with Crippen molar-refractivity contribution >= 4 is 0 Å². The maximum atomic E-state index is 3.68. The van der Waals surface area contributed by atoms with Crippen LogP contribution < -0.4 is 5.32 Å². The topological polar surface area (TPSA) is 18.5 Å². The Hall–Kier alpha value is -0.120. The molecule has 1 saturated carbocycles. The van der Waals surface area contributed by atoms with Gasteiger partial charge in [-0.05, 0) is 73.6 Å². The van der Waals surface area contributed by atoms with Crippen LogP contribution in [0.5, 0.6) is 0 Å². The summed E-state index contributed by atoms with van der Waals surface area (Å²) in [7, 11) is 4.34. The summed E-state index contributed by atoms with van der Waals surface area (Å²) in [4.78, 5) is 5.01. The van der Waals surface area contributed by atoms with Crippen LogP contribution in [-0.2, 0) is 0 Å². The van der Waals surface area contributed by atoms with Gasteiger partial charge in [-0.15, -0.1) is 0 Å². The zero-order chi connectivity index (χ0) is 14.6. The Morgan fingerprint density at radius 2 is 1.84 bits per heavy atom. The monoisotopic (exact) mass is 269 g/mol. The van der Waals surface area contributed by atoms with Gasteiger partial charge in [0.25, 0.3) is 0 Å². The summed E-state index contributed by atoms with van der Waals surface area (Å²) < 4.78 is 0. The minimum Gasteiger partial charge on any atom is -0.312 e. The molecule has 0 bridgehead atoms. The molecule has 0 spiro atoms. The molecule has 0 aromatic heterocycles. The van der Waals surface area contributed by atoms with Crippen molar-refractivity contribution in [2.45, 2.75) is 65.1 Å². The third kappa shape index (κ3) is 5.41. The summed E-state index contributed by atoms with van der Waals surface area (Å²) in [6, 6.07) is 1.44. The smallest absolute Gasteiger partial charge is 0.0197 e. The van der Waals surface area contributed by atoms with Crippen molar-refractivity contribution in [1.29, 1.82) is 0 Å². The number of hydrogen-bond donors (Lipinski definition) is 1. The van der Waals surface area contributed by atoms with Crippen molar-refractivity contribution in [2.75, 3.05) is 33.7 Å². The van der Waals surface area contributed by atoms with Gasteiger partial charge in [0.1, 0.15) is 0 Å². The summed E-state index contributed by atoms with van der Waals surface area (Å²) in [6.45, 7) is 14.9. The van der Waals surface area contributed by atoms with Gasteiger partial charge in [-0.3, -0.25) is 4.90 Å². The molecule has 0 aromatic carbocycles. The standard InChI is InChI=1S/C16H35N3/c1-8-19(13(2)12-18(6)7)15-10-9-14(15)11-17-16(3,4)5/h13-15,17H,8-12H2,1-7H3. The predicted octanol–water partition coefficient (Wildman–Crippen LogP) is 2.43. The van der Waals surface area contributed by atoms with Gasteiger partial charge in [0.15, 0.2) is 0 Å². The number of hydrogen-bond acceptors (Lipinski definition) is 3. The molecule has 3 nitrogen and oxygen atoms in total. The Kier molecular flexibility index (Phi) is 6.28. The molecule has 3 atom stereocenters. The van der Waals surface area contributed by atoms with Crippen molar-refractivity contribution < 1.29 is 0 Å². The lowest BCUT2D eigenvalue weighted by Gasteiger charge is -2.48. The minimum absolute atomic E-state index is 0.242. The van der Waals surface area contributed by atoms with E-state index in [4.69, 9.17) is 0 Å². The van der Waals surface area contributed by atoms with E-state index in [0.717, 1.165) is 18.5 Å². The molecule has 1 aliphatic rings. The molecule has 0 amide bonds. The van der Waals surface area contributed by atoms with Gasteiger partial charge in [-0.25, -0.2) is 0 Å². The van der Waals surface area contributed by atoms with E-state index in [2.05, 4.69) is 63.8 Å². The number of nitrogens with zero attached hydrogens (tertiary/aromatic N) is 2. The van der Waals surface area contributed by atoms with Gasteiger partial charge >= 0.3 is 0 Å². The van der Waals surface area contributed by atoms with E-state index < -0.39 is 0 Å². The quantitative estimate of drug-likeness (QED) is 0.766. The molecule has 0 saturated heterocycles. The molecule has 19 heavy (non-hydrogen) atoms. The molecule has 3 unspecified atom stereocenters. The van der Waals surface area contributed by atoms with Crippen LogP contribution in [0, 0.1) is 5.92 Å². The number of likely N-dealkylation sites (N-methyl/N-ethyl adjacent to an activating group) is 2. The molecule has 0 heterocycles. The lowest BCUT2D eigenvalue weighted by atomic mass is 9.77. The maximum Gasteiger partial charge on any atom is 0.0197 e. The highest BCUT2D eigenvalue weighted by Crippen LogP contribution is 2.33. The molecule has 0 aromatic rings. The Balaban J connectivity index is 2.48. The molecule has 114 valence electrons. The molecule has 0 aliphatic heterocycles. The molecule has 1 rings (SSSR count). The van der Waals surface area contributed by atoms with Crippen LogP contribution in [0.4, 0.5) is 0 Å². The summed E-state index contributed by atoms with van der Waals surface area (Å²) >= 11 is 0. The molecule has 3 heteroatoms. The molecule has 1 aliphatic carbocycles. The van der Waals surface area contributed by atoms with Crippen molar-refractivity contribution in [2.24, 2.45) is 5.92 Å². The second-order valence-electron chi connectivity index (χ2n) is 7.48. The van der Waals surface area contributed by atoms with Gasteiger partial charge in [0.2, 0.25) is 0 Å². The highest BCUT2D eigenvalue weighted by molar-refractivity contribution is 4.93. The molecule has 1 N–H and O–H groups in total. The van der Waals surface area contributed by atoms with E-state index in [1.165, 1.54) is 25.9 Å². The average molecular weight is 269 g/mol. The van der Waals surface area contributed by atoms with Crippen molar-refractivity contribution in [3.8, 4) is 0 Å². The largest absolute Gasteiger partial charge is 0.312 e. The molecular weight excluding hydrogens is 234 g/mol. The van der Waals surface area contributed by atoms with E-state index in [1.54, 1.807) is 0 Å². The van der Waals surface area contributed by atoms with Gasteiger partial charge in [0, 0.05) is 24.2 Å². The fraction of sp³-hybridized carbons (Fsp3) is 1.00. The average Bonchev–Trinajstić information content (AvgIpc) is 2.21. The van der Waals surface area contributed by atoms with E-state index in [0.29, 0.717) is 6.04 Å². The maximum absolute atomic E-state index is 3.68. The second-order valence-corrected chi connectivity index (χ2v) is 7.48. The van der Waals surface area contributed by atoms with Crippen LogP contribution in [-0.4, -0.2) is 61.2 Å². The summed E-state index contributed by atoms with van der Waals surface area (Å²) in [5.41, 5.74) is 0.242. The Morgan fingerprint density at radius 1 is 1.21 bits per heavy atom. The Bertz CT molecular complexity index is 257. The first kappa shape index (κ1) is 16.9. The fourth-order valence-corrected chi connectivity index (χ4v) is 3.17. The van der Waals surface area contributed by atoms with Crippen LogP contribution in [0.25, 0.3) is 0 Å². The van der Waals surface area contributed by atoms with Crippen LogP contribution >= 0.6 is 0 Å². The lowest BCUT2D eigenvalue weighted by Crippen LogP contribution is -2.56. The van der Waals surface area contributed by atoms with Crippen molar-refractivity contribution in [1.82, 2.24) is 15.1 Å². The summed E-state index contributed by atoms with van der Waals surface area (Å²) in [5.74, 6) is 0.837. The highest BCUT2D eigenvalue weighted by Gasteiger charge is 2.36. The predicted molar refractivity (Wildman–Crippen MR) is 84.7 cm³/mol. The third-order valence-electron chi connectivity index (χ3n) is 4.26. The minimum atomic E-state index is 0.242. The Labute approximate surface area is 120 Å². The van der Waals surface area contributed by atoms with E-state index in [9.17, 15) is 0 Å². The van der Waals surface area contributed by atoms with Gasteiger partial charge < -0.3 is 10.2 Å². The number of rotatable bonds is 7. The fourth-order valence-electron chi connectivity index (χ4n) is 3.17. The Morgan fingerprint density at radius 3 is 2.21 bits per heavy atom. The van der Waals surface area contributed by atoms with Crippen LogP contribution in [0.15, 0.2) is 0 Å². The van der Waals surface area contributed by atoms with Gasteiger partial charge in [-0.2, -0.15) is 0 Å². The number of nitrogens with one attached hydrogen (secondary N) is 1.